The molecule has 0 spiro atoms. The summed E-state index contributed by atoms with van der Waals surface area (Å²) in [6.07, 6.45) is 3.47. The van der Waals surface area contributed by atoms with Crippen molar-refractivity contribution in [1.29, 1.82) is 0 Å². The topological polar surface area (TPSA) is 81.1 Å². The Morgan fingerprint density at radius 2 is 2.18 bits per heavy atom. The van der Waals surface area contributed by atoms with Gasteiger partial charge in [0.1, 0.15) is 17.3 Å². The fraction of sp³-hybridized carbons (Fsp3) is 0.133. The Bertz CT molecular complexity index is 828. The number of carbonyl (C=O) groups is 1. The average Bonchev–Trinajstić information content (AvgIpc) is 2.89. The Morgan fingerprint density at radius 3 is 3.00 bits per heavy atom. The summed E-state index contributed by atoms with van der Waals surface area (Å²) in [5, 5.41) is 10.3. The molecule has 7 nitrogen and oxygen atoms in total. The largest absolute Gasteiger partial charge is 0.456 e. The maximum Gasteiger partial charge on any atom is 0.320 e. The number of fused-ring (bicyclic) bond motifs is 1. The van der Waals surface area contributed by atoms with Crippen LogP contribution in [-0.4, -0.2) is 27.8 Å². The first-order valence-electron chi connectivity index (χ1n) is 6.71. The molecule has 2 N–H and O–H groups in total. The third-order valence-electron chi connectivity index (χ3n) is 3.05. The van der Waals surface area contributed by atoms with Crippen molar-refractivity contribution in [1.82, 2.24) is 20.1 Å². The van der Waals surface area contributed by atoms with E-state index in [1.54, 1.807) is 30.1 Å². The minimum Gasteiger partial charge on any atom is -0.456 e. The number of rotatable bonds is 3. The minimum atomic E-state index is -0.334. The van der Waals surface area contributed by atoms with E-state index < -0.39 is 0 Å². The maximum absolute atomic E-state index is 11.3. The van der Waals surface area contributed by atoms with Crippen LogP contribution in [0, 0.1) is 0 Å². The predicted octanol–water partition coefficient (Wildman–Crippen LogP) is 2.51. The van der Waals surface area contributed by atoms with Gasteiger partial charge in [0.15, 0.2) is 0 Å². The quantitative estimate of drug-likeness (QED) is 0.778. The molecule has 2 heterocycles. The number of pyridine rings is 1. The molecule has 0 saturated carbocycles. The summed E-state index contributed by atoms with van der Waals surface area (Å²) in [6.45, 7) is 0. The first kappa shape index (κ1) is 13.9. The number of hydrogen-bond acceptors (Lipinski definition) is 4. The van der Waals surface area contributed by atoms with Crippen LogP contribution in [0.1, 0.15) is 0 Å². The van der Waals surface area contributed by atoms with E-state index in [2.05, 4.69) is 20.7 Å². The summed E-state index contributed by atoms with van der Waals surface area (Å²) < 4.78 is 7.63. The average molecular weight is 297 g/mol. The SMILES string of the molecule is CNC(=O)Nc1cc(Oc2cccc3nn(C)cc23)ccn1. The normalized spacial score (nSPS) is 10.5. The molecule has 3 aromatic rings. The number of hydrogen-bond donors (Lipinski definition) is 2. The number of ether oxygens (including phenoxy) is 1. The Morgan fingerprint density at radius 1 is 1.32 bits per heavy atom. The van der Waals surface area contributed by atoms with Crippen LogP contribution >= 0.6 is 0 Å². The van der Waals surface area contributed by atoms with E-state index in [0.717, 1.165) is 10.9 Å². The van der Waals surface area contributed by atoms with Gasteiger partial charge in [-0.25, -0.2) is 9.78 Å². The van der Waals surface area contributed by atoms with E-state index in [0.29, 0.717) is 17.3 Å². The Balaban J connectivity index is 1.88. The molecular formula is C15H15N5O2. The molecule has 0 saturated heterocycles. The number of amides is 2. The summed E-state index contributed by atoms with van der Waals surface area (Å²) in [6, 6.07) is 8.73. The summed E-state index contributed by atoms with van der Waals surface area (Å²) >= 11 is 0. The lowest BCUT2D eigenvalue weighted by molar-refractivity contribution is 0.254. The van der Waals surface area contributed by atoms with Crippen LogP contribution in [0.5, 0.6) is 11.5 Å². The fourth-order valence-corrected chi connectivity index (χ4v) is 2.07. The number of aryl methyl sites for hydroxylation is 1. The number of urea groups is 1. The lowest BCUT2D eigenvalue weighted by Crippen LogP contribution is -2.24. The zero-order valence-electron chi connectivity index (χ0n) is 12.2. The van der Waals surface area contributed by atoms with Gasteiger partial charge in [0.25, 0.3) is 0 Å². The monoisotopic (exact) mass is 297 g/mol. The molecule has 2 aromatic heterocycles. The number of benzene rings is 1. The lowest BCUT2D eigenvalue weighted by Gasteiger charge is -2.08. The molecule has 3 rings (SSSR count). The van der Waals surface area contributed by atoms with E-state index in [-0.39, 0.29) is 6.03 Å². The number of aromatic nitrogens is 3. The second kappa shape index (κ2) is 5.72. The van der Waals surface area contributed by atoms with Crippen molar-refractivity contribution >= 4 is 22.8 Å². The smallest absolute Gasteiger partial charge is 0.320 e. The highest BCUT2D eigenvalue weighted by Crippen LogP contribution is 2.29. The van der Waals surface area contributed by atoms with Crippen LogP contribution in [0.2, 0.25) is 0 Å². The summed E-state index contributed by atoms with van der Waals surface area (Å²) in [4.78, 5) is 15.4. The van der Waals surface area contributed by atoms with Crippen molar-refractivity contribution in [2.45, 2.75) is 0 Å². The number of anilines is 1. The molecule has 7 heteroatoms. The highest BCUT2D eigenvalue weighted by Gasteiger charge is 2.08. The van der Waals surface area contributed by atoms with Crippen molar-refractivity contribution in [3.05, 3.63) is 42.7 Å². The molecule has 2 amide bonds. The minimum absolute atomic E-state index is 0.334. The van der Waals surface area contributed by atoms with Crippen molar-refractivity contribution < 1.29 is 9.53 Å². The molecule has 0 bridgehead atoms. The number of nitrogens with zero attached hydrogens (tertiary/aromatic N) is 3. The molecule has 0 unspecified atom stereocenters. The first-order valence-corrected chi connectivity index (χ1v) is 6.71. The first-order chi connectivity index (χ1) is 10.7. The van der Waals surface area contributed by atoms with E-state index in [1.807, 2.05) is 31.4 Å². The van der Waals surface area contributed by atoms with Gasteiger partial charge in [-0.3, -0.25) is 10.00 Å². The van der Waals surface area contributed by atoms with Gasteiger partial charge in [0, 0.05) is 32.6 Å². The summed E-state index contributed by atoms with van der Waals surface area (Å²) in [5.41, 5.74) is 0.859. The van der Waals surface area contributed by atoms with Crippen LogP contribution in [0.3, 0.4) is 0 Å². The Kier molecular flexibility index (Phi) is 3.61. The van der Waals surface area contributed by atoms with Crippen molar-refractivity contribution in [2.75, 3.05) is 12.4 Å². The van der Waals surface area contributed by atoms with Gasteiger partial charge in [-0.05, 0) is 18.2 Å². The maximum atomic E-state index is 11.3. The van der Waals surface area contributed by atoms with Crippen molar-refractivity contribution in [3.8, 4) is 11.5 Å². The number of carbonyl (C=O) groups excluding carboxylic acids is 1. The van der Waals surface area contributed by atoms with Crippen LogP contribution in [0.15, 0.2) is 42.7 Å². The Labute approximate surface area is 126 Å². The highest BCUT2D eigenvalue weighted by atomic mass is 16.5. The molecule has 0 aliphatic carbocycles. The van der Waals surface area contributed by atoms with Gasteiger partial charge in [-0.15, -0.1) is 0 Å². The van der Waals surface area contributed by atoms with Crippen LogP contribution in [0.25, 0.3) is 10.9 Å². The Hall–Kier alpha value is -3.09. The van der Waals surface area contributed by atoms with Crippen molar-refractivity contribution in [3.63, 3.8) is 0 Å². The van der Waals surface area contributed by atoms with Crippen LogP contribution in [-0.2, 0) is 7.05 Å². The molecule has 0 radical (unpaired) electrons. The fourth-order valence-electron chi connectivity index (χ4n) is 2.07. The molecule has 112 valence electrons. The molecular weight excluding hydrogens is 282 g/mol. The standard InChI is InChI=1S/C15H15N5O2/c1-16-15(21)18-14-8-10(6-7-17-14)22-13-5-3-4-12-11(13)9-20(2)19-12/h3-9H,1-2H3,(H2,16,17,18,21). The van der Waals surface area contributed by atoms with Gasteiger partial charge in [-0.1, -0.05) is 6.07 Å². The van der Waals surface area contributed by atoms with E-state index >= 15 is 0 Å². The van der Waals surface area contributed by atoms with Crippen molar-refractivity contribution in [2.24, 2.45) is 7.05 Å². The second-order valence-corrected chi connectivity index (χ2v) is 4.67. The molecule has 0 fully saturated rings. The molecule has 0 aliphatic rings. The van der Waals surface area contributed by atoms with Gasteiger partial charge in [-0.2, -0.15) is 5.10 Å². The van der Waals surface area contributed by atoms with Gasteiger partial charge in [0.05, 0.1) is 10.9 Å². The predicted molar refractivity (Wildman–Crippen MR) is 83.1 cm³/mol. The van der Waals surface area contributed by atoms with E-state index in [1.165, 1.54) is 0 Å². The molecule has 22 heavy (non-hydrogen) atoms. The zero-order valence-corrected chi connectivity index (χ0v) is 12.2. The van der Waals surface area contributed by atoms with Crippen LogP contribution < -0.4 is 15.4 Å². The lowest BCUT2D eigenvalue weighted by atomic mass is 10.2. The summed E-state index contributed by atoms with van der Waals surface area (Å²) in [5.74, 6) is 1.69. The molecule has 0 aliphatic heterocycles. The van der Waals surface area contributed by atoms with E-state index in [9.17, 15) is 4.79 Å². The van der Waals surface area contributed by atoms with Crippen LogP contribution in [0.4, 0.5) is 10.6 Å². The third kappa shape index (κ3) is 2.83. The zero-order chi connectivity index (χ0) is 15.5. The van der Waals surface area contributed by atoms with Gasteiger partial charge >= 0.3 is 6.03 Å². The van der Waals surface area contributed by atoms with Gasteiger partial charge < -0.3 is 10.1 Å². The second-order valence-electron chi connectivity index (χ2n) is 4.67. The summed E-state index contributed by atoms with van der Waals surface area (Å²) in [7, 11) is 3.40. The molecule has 1 aromatic carbocycles. The van der Waals surface area contributed by atoms with E-state index in [4.69, 9.17) is 4.74 Å². The van der Waals surface area contributed by atoms with Gasteiger partial charge in [0.2, 0.25) is 0 Å². The highest BCUT2D eigenvalue weighted by molar-refractivity contribution is 5.88. The number of nitrogens with one attached hydrogen (secondary N) is 2. The third-order valence-corrected chi connectivity index (χ3v) is 3.05. The molecule has 0 atom stereocenters.